The Bertz CT molecular complexity index is 3580. The topological polar surface area (TPSA) is 16.4 Å². The summed E-state index contributed by atoms with van der Waals surface area (Å²) in [6, 6.07) is 81.2. The molecule has 326 valence electrons. The molecule has 0 bridgehead atoms. The van der Waals surface area contributed by atoms with Crippen molar-refractivity contribution in [2.45, 2.75) is 44.3 Å². The maximum atomic E-state index is 7.64. The van der Waals surface area contributed by atoms with Gasteiger partial charge in [-0.25, -0.2) is 0 Å². The SMILES string of the molecule is CC1(C)c2ccccc2-c2ccc(N(c3ccc(-c4ccc([Si](C)(C)C)cc4)cc3)c3ccccc3-c3oc4c(c3-c3ccccc3)C3(c5ccccc5-c5ccccc53)c3ccccc3-4)cc21. The van der Waals surface area contributed by atoms with Crippen LogP contribution in [0.15, 0.2) is 223 Å². The summed E-state index contributed by atoms with van der Waals surface area (Å²) in [4.78, 5) is 2.46. The maximum Gasteiger partial charge on any atom is 0.145 e. The second kappa shape index (κ2) is 14.9. The van der Waals surface area contributed by atoms with Crippen LogP contribution < -0.4 is 10.1 Å². The van der Waals surface area contributed by atoms with E-state index in [9.17, 15) is 0 Å². The molecular weight excluding hydrogens is 839 g/mol. The predicted octanol–water partition coefficient (Wildman–Crippen LogP) is 16.9. The average molecular weight is 890 g/mol. The molecule has 10 aromatic rings. The molecule has 13 rings (SSSR count). The van der Waals surface area contributed by atoms with Gasteiger partial charge in [-0.1, -0.05) is 221 Å². The van der Waals surface area contributed by atoms with E-state index < -0.39 is 13.5 Å². The molecule has 1 heterocycles. The average Bonchev–Trinajstić information content (AvgIpc) is 4.07. The lowest BCUT2D eigenvalue weighted by atomic mass is 9.69. The minimum absolute atomic E-state index is 0.170. The Balaban J connectivity index is 1.06. The highest BCUT2D eigenvalue weighted by molar-refractivity contribution is 6.88. The molecule has 0 saturated carbocycles. The third-order valence-corrected chi connectivity index (χ3v) is 17.4. The molecule has 0 saturated heterocycles. The van der Waals surface area contributed by atoms with Gasteiger partial charge in [0.15, 0.2) is 0 Å². The van der Waals surface area contributed by atoms with E-state index in [2.05, 4.69) is 257 Å². The van der Waals surface area contributed by atoms with E-state index in [1.54, 1.807) is 0 Å². The molecule has 0 radical (unpaired) electrons. The number of hydrogen-bond donors (Lipinski definition) is 0. The smallest absolute Gasteiger partial charge is 0.145 e. The molecule has 0 aliphatic heterocycles. The van der Waals surface area contributed by atoms with Crippen molar-refractivity contribution in [2.75, 3.05) is 4.90 Å². The summed E-state index contributed by atoms with van der Waals surface area (Å²) in [7, 11) is -1.43. The van der Waals surface area contributed by atoms with Gasteiger partial charge in [-0.15, -0.1) is 0 Å². The van der Waals surface area contributed by atoms with E-state index in [1.807, 2.05) is 0 Å². The predicted molar refractivity (Wildman–Crippen MR) is 287 cm³/mol. The normalized spacial score (nSPS) is 14.2. The van der Waals surface area contributed by atoms with Crippen molar-refractivity contribution in [3.05, 3.63) is 252 Å². The molecular formula is C65H51NOSi. The molecule has 3 aliphatic carbocycles. The van der Waals surface area contributed by atoms with Crippen LogP contribution >= 0.6 is 0 Å². The molecule has 0 fully saturated rings. The van der Waals surface area contributed by atoms with Gasteiger partial charge in [0.2, 0.25) is 0 Å². The highest BCUT2D eigenvalue weighted by Crippen LogP contribution is 2.67. The van der Waals surface area contributed by atoms with Crippen molar-refractivity contribution >= 4 is 30.3 Å². The number of anilines is 3. The Hall–Kier alpha value is -7.72. The zero-order valence-electron chi connectivity index (χ0n) is 39.1. The van der Waals surface area contributed by atoms with E-state index in [1.165, 1.54) is 71.9 Å². The Labute approximate surface area is 400 Å². The molecule has 3 aliphatic rings. The zero-order chi connectivity index (χ0) is 45.9. The van der Waals surface area contributed by atoms with Crippen LogP contribution in [0.25, 0.3) is 67.2 Å². The van der Waals surface area contributed by atoms with Crippen molar-refractivity contribution in [2.24, 2.45) is 0 Å². The van der Waals surface area contributed by atoms with Crippen LogP contribution in [0.1, 0.15) is 47.2 Å². The van der Waals surface area contributed by atoms with Gasteiger partial charge in [0, 0.05) is 39.0 Å². The lowest BCUT2D eigenvalue weighted by molar-refractivity contribution is 0.596. The number of furan rings is 1. The standard InChI is InChI=1S/C65H51NOSi/c1-64(2)54-26-14-9-21-48(54)51-40-37-46(41-58(51)64)66(45-35-31-42(32-36-45)43-33-38-47(39-34-43)68(3,4)5)59-30-18-13-25-53(59)62-60(44-19-7-6-8-20-44)61-63(67-62)52-24-12-17-29-57(52)65(61)55-27-15-10-22-49(55)50-23-11-16-28-56(50)65/h6-41H,1-5H3. The Morgan fingerprint density at radius 3 is 1.47 bits per heavy atom. The molecule has 1 spiro atoms. The minimum atomic E-state index is -1.43. The van der Waals surface area contributed by atoms with Crippen LogP contribution in [-0.2, 0) is 10.8 Å². The van der Waals surface area contributed by atoms with Crippen LogP contribution in [0.4, 0.5) is 17.1 Å². The highest BCUT2D eigenvalue weighted by atomic mass is 28.3. The number of fused-ring (bicyclic) bond motifs is 13. The fourth-order valence-corrected chi connectivity index (χ4v) is 13.2. The van der Waals surface area contributed by atoms with Crippen LogP contribution in [0.2, 0.25) is 19.6 Å². The second-order valence-corrected chi connectivity index (χ2v) is 25.5. The summed E-state index contributed by atoms with van der Waals surface area (Å²) >= 11 is 0. The van der Waals surface area contributed by atoms with Gasteiger partial charge in [0.05, 0.1) is 19.2 Å². The Kier molecular flexibility index (Phi) is 8.88. The monoisotopic (exact) mass is 889 g/mol. The maximum absolute atomic E-state index is 7.64. The van der Waals surface area contributed by atoms with Crippen molar-refractivity contribution in [1.29, 1.82) is 0 Å². The fraction of sp³-hybridized carbons (Fsp3) is 0.108. The molecule has 68 heavy (non-hydrogen) atoms. The summed E-state index contributed by atoms with van der Waals surface area (Å²) in [5.41, 5.74) is 22.3. The minimum Gasteiger partial charge on any atom is -0.455 e. The summed E-state index contributed by atoms with van der Waals surface area (Å²) in [6.45, 7) is 12.0. The Morgan fingerprint density at radius 2 is 0.853 bits per heavy atom. The summed E-state index contributed by atoms with van der Waals surface area (Å²) in [6.07, 6.45) is 0. The van der Waals surface area contributed by atoms with E-state index in [0.717, 1.165) is 50.8 Å². The fourth-order valence-electron chi connectivity index (χ4n) is 12.1. The van der Waals surface area contributed by atoms with Crippen molar-refractivity contribution in [3.8, 4) is 67.2 Å². The van der Waals surface area contributed by atoms with E-state index in [0.29, 0.717) is 0 Å². The second-order valence-electron chi connectivity index (χ2n) is 20.4. The van der Waals surface area contributed by atoms with Crippen LogP contribution in [-0.4, -0.2) is 8.07 Å². The zero-order valence-corrected chi connectivity index (χ0v) is 40.1. The Morgan fingerprint density at radius 1 is 0.382 bits per heavy atom. The molecule has 3 heteroatoms. The first kappa shape index (κ1) is 40.5. The summed E-state index contributed by atoms with van der Waals surface area (Å²) in [5.74, 6) is 1.80. The van der Waals surface area contributed by atoms with Crippen molar-refractivity contribution in [1.82, 2.24) is 0 Å². The third kappa shape index (κ3) is 5.75. The van der Waals surface area contributed by atoms with Gasteiger partial charge in [-0.05, 0) is 103 Å². The molecule has 0 N–H and O–H groups in total. The molecule has 0 amide bonds. The third-order valence-electron chi connectivity index (χ3n) is 15.3. The van der Waals surface area contributed by atoms with Crippen LogP contribution in [0.5, 0.6) is 0 Å². The van der Waals surface area contributed by atoms with Gasteiger partial charge in [-0.2, -0.15) is 0 Å². The van der Waals surface area contributed by atoms with Gasteiger partial charge in [0.25, 0.3) is 0 Å². The van der Waals surface area contributed by atoms with E-state index >= 15 is 0 Å². The van der Waals surface area contributed by atoms with E-state index in [-0.39, 0.29) is 5.41 Å². The summed E-state index contributed by atoms with van der Waals surface area (Å²) < 4.78 is 7.64. The first-order chi connectivity index (χ1) is 33.1. The summed E-state index contributed by atoms with van der Waals surface area (Å²) in [5, 5.41) is 1.47. The van der Waals surface area contributed by atoms with Crippen molar-refractivity contribution < 1.29 is 4.42 Å². The largest absolute Gasteiger partial charge is 0.455 e. The van der Waals surface area contributed by atoms with Gasteiger partial charge < -0.3 is 9.32 Å². The van der Waals surface area contributed by atoms with E-state index in [4.69, 9.17) is 4.42 Å². The number of para-hydroxylation sites is 1. The van der Waals surface area contributed by atoms with Gasteiger partial charge in [-0.3, -0.25) is 0 Å². The highest BCUT2D eigenvalue weighted by Gasteiger charge is 2.55. The number of nitrogens with zero attached hydrogens (tertiary/aromatic N) is 1. The molecule has 9 aromatic carbocycles. The molecule has 2 nitrogen and oxygen atoms in total. The quantitative estimate of drug-likeness (QED) is 0.148. The number of benzene rings is 9. The molecule has 0 atom stereocenters. The molecule has 0 unspecified atom stereocenters. The van der Waals surface area contributed by atoms with Gasteiger partial charge >= 0.3 is 0 Å². The van der Waals surface area contributed by atoms with Crippen LogP contribution in [0, 0.1) is 0 Å². The van der Waals surface area contributed by atoms with Crippen LogP contribution in [0.3, 0.4) is 0 Å². The lowest BCUT2D eigenvalue weighted by Crippen LogP contribution is -2.37. The first-order valence-corrected chi connectivity index (χ1v) is 27.5. The number of hydrogen-bond acceptors (Lipinski definition) is 2. The van der Waals surface area contributed by atoms with Gasteiger partial charge in [0.1, 0.15) is 11.5 Å². The number of rotatable bonds is 7. The van der Waals surface area contributed by atoms with Crippen molar-refractivity contribution in [3.63, 3.8) is 0 Å². The lowest BCUT2D eigenvalue weighted by Gasteiger charge is -2.31. The molecule has 1 aromatic heterocycles. The first-order valence-electron chi connectivity index (χ1n) is 24.0.